The van der Waals surface area contributed by atoms with Crippen molar-refractivity contribution in [2.24, 2.45) is 0 Å². The SMILES string of the molecule is CCOc1ccc(Nc2nc(Nc3ccccc3OC)nc(N3CCOCC3)n2)cc1. The van der Waals surface area contributed by atoms with Gasteiger partial charge in [-0.25, -0.2) is 0 Å². The van der Waals surface area contributed by atoms with E-state index in [0.29, 0.717) is 43.4 Å². The summed E-state index contributed by atoms with van der Waals surface area (Å²) in [6.45, 7) is 5.31. The Balaban J connectivity index is 1.62. The van der Waals surface area contributed by atoms with Crippen LogP contribution < -0.4 is 25.0 Å². The number of hydrogen-bond acceptors (Lipinski definition) is 9. The van der Waals surface area contributed by atoms with Gasteiger partial charge in [-0.3, -0.25) is 0 Å². The lowest BCUT2D eigenvalue weighted by Gasteiger charge is -2.27. The number of benzene rings is 2. The van der Waals surface area contributed by atoms with Gasteiger partial charge in [-0.15, -0.1) is 0 Å². The highest BCUT2D eigenvalue weighted by atomic mass is 16.5. The predicted octanol–water partition coefficient (Wildman–Crippen LogP) is 3.60. The molecule has 2 aromatic carbocycles. The quantitative estimate of drug-likeness (QED) is 0.565. The predicted molar refractivity (Wildman–Crippen MR) is 120 cm³/mol. The highest BCUT2D eigenvalue weighted by Crippen LogP contribution is 2.27. The molecule has 4 rings (SSSR count). The average molecular weight is 422 g/mol. The van der Waals surface area contributed by atoms with Gasteiger partial charge in [0.15, 0.2) is 0 Å². The van der Waals surface area contributed by atoms with E-state index in [1.54, 1.807) is 7.11 Å². The molecule has 31 heavy (non-hydrogen) atoms. The Morgan fingerprint density at radius 1 is 0.935 bits per heavy atom. The maximum atomic E-state index is 5.51. The maximum absolute atomic E-state index is 5.51. The van der Waals surface area contributed by atoms with E-state index in [-0.39, 0.29) is 0 Å². The topological polar surface area (TPSA) is 93.7 Å². The number of methoxy groups -OCH3 is 1. The largest absolute Gasteiger partial charge is 0.495 e. The van der Waals surface area contributed by atoms with Crippen molar-refractivity contribution >= 4 is 29.2 Å². The van der Waals surface area contributed by atoms with Crippen molar-refractivity contribution in [3.8, 4) is 11.5 Å². The van der Waals surface area contributed by atoms with E-state index in [2.05, 4.69) is 30.5 Å². The molecule has 0 atom stereocenters. The van der Waals surface area contributed by atoms with Gasteiger partial charge >= 0.3 is 0 Å². The standard InChI is InChI=1S/C22H26N6O3/c1-3-31-17-10-8-16(9-11-17)23-20-25-21(24-18-6-4-5-7-19(18)29-2)27-22(26-20)28-12-14-30-15-13-28/h4-11H,3,12-15H2,1-2H3,(H2,23,24,25,26,27). The summed E-state index contributed by atoms with van der Waals surface area (Å²) >= 11 is 0. The van der Waals surface area contributed by atoms with Crippen molar-refractivity contribution in [1.82, 2.24) is 15.0 Å². The minimum atomic E-state index is 0.425. The molecule has 2 N–H and O–H groups in total. The number of anilines is 5. The summed E-state index contributed by atoms with van der Waals surface area (Å²) in [6, 6.07) is 15.3. The van der Waals surface area contributed by atoms with E-state index < -0.39 is 0 Å². The highest BCUT2D eigenvalue weighted by molar-refractivity contribution is 5.64. The molecule has 1 saturated heterocycles. The zero-order valence-electron chi connectivity index (χ0n) is 17.7. The van der Waals surface area contributed by atoms with Gasteiger partial charge in [-0.2, -0.15) is 15.0 Å². The van der Waals surface area contributed by atoms with Crippen LogP contribution in [-0.4, -0.2) is 55.0 Å². The van der Waals surface area contributed by atoms with E-state index in [1.165, 1.54) is 0 Å². The first kappa shape index (κ1) is 20.7. The third kappa shape index (κ3) is 5.32. The molecule has 1 aliphatic rings. The summed E-state index contributed by atoms with van der Waals surface area (Å²) in [5.41, 5.74) is 1.63. The molecule has 0 spiro atoms. The van der Waals surface area contributed by atoms with Crippen LogP contribution in [0.1, 0.15) is 6.92 Å². The van der Waals surface area contributed by atoms with Crippen LogP contribution in [0.15, 0.2) is 48.5 Å². The normalized spacial score (nSPS) is 13.5. The lowest BCUT2D eigenvalue weighted by Crippen LogP contribution is -2.37. The molecule has 1 fully saturated rings. The van der Waals surface area contributed by atoms with Crippen molar-refractivity contribution < 1.29 is 14.2 Å². The van der Waals surface area contributed by atoms with Gasteiger partial charge in [0.1, 0.15) is 11.5 Å². The Bertz CT molecular complexity index is 993. The number of rotatable bonds is 8. The van der Waals surface area contributed by atoms with Gasteiger partial charge < -0.3 is 29.7 Å². The monoisotopic (exact) mass is 422 g/mol. The second kappa shape index (κ2) is 9.94. The van der Waals surface area contributed by atoms with Crippen molar-refractivity contribution in [2.45, 2.75) is 6.92 Å². The molecule has 9 nitrogen and oxygen atoms in total. The van der Waals surface area contributed by atoms with E-state index >= 15 is 0 Å². The van der Waals surface area contributed by atoms with Crippen molar-refractivity contribution in [2.75, 3.05) is 55.6 Å². The summed E-state index contributed by atoms with van der Waals surface area (Å²) in [5.74, 6) is 2.98. The van der Waals surface area contributed by atoms with Crippen LogP contribution in [0.25, 0.3) is 0 Å². The summed E-state index contributed by atoms with van der Waals surface area (Å²) in [6.07, 6.45) is 0. The van der Waals surface area contributed by atoms with Gasteiger partial charge in [0.2, 0.25) is 17.8 Å². The van der Waals surface area contributed by atoms with E-state index in [1.807, 2.05) is 55.5 Å². The molecule has 3 aromatic rings. The van der Waals surface area contributed by atoms with Crippen LogP contribution in [0.5, 0.6) is 11.5 Å². The Morgan fingerprint density at radius 3 is 2.35 bits per heavy atom. The minimum Gasteiger partial charge on any atom is -0.495 e. The molecule has 0 saturated carbocycles. The van der Waals surface area contributed by atoms with Gasteiger partial charge in [0, 0.05) is 18.8 Å². The number of morpholine rings is 1. The van der Waals surface area contributed by atoms with Gasteiger partial charge in [0.05, 0.1) is 32.6 Å². The van der Waals surface area contributed by atoms with E-state index in [0.717, 1.165) is 30.2 Å². The zero-order chi connectivity index (χ0) is 21.5. The van der Waals surface area contributed by atoms with Gasteiger partial charge in [-0.05, 0) is 43.3 Å². The average Bonchev–Trinajstić information content (AvgIpc) is 2.81. The van der Waals surface area contributed by atoms with Crippen LogP contribution in [-0.2, 0) is 4.74 Å². The van der Waals surface area contributed by atoms with Crippen LogP contribution in [0, 0.1) is 0 Å². The second-order valence-electron chi connectivity index (χ2n) is 6.79. The smallest absolute Gasteiger partial charge is 0.233 e. The van der Waals surface area contributed by atoms with Gasteiger partial charge in [0.25, 0.3) is 0 Å². The summed E-state index contributed by atoms with van der Waals surface area (Å²) < 4.78 is 16.4. The van der Waals surface area contributed by atoms with Crippen LogP contribution in [0.3, 0.4) is 0 Å². The number of ether oxygens (including phenoxy) is 3. The number of para-hydroxylation sites is 2. The molecule has 0 unspecified atom stereocenters. The molecule has 0 bridgehead atoms. The lowest BCUT2D eigenvalue weighted by molar-refractivity contribution is 0.122. The van der Waals surface area contributed by atoms with Crippen molar-refractivity contribution in [1.29, 1.82) is 0 Å². The molecule has 0 amide bonds. The molecular weight excluding hydrogens is 396 g/mol. The van der Waals surface area contributed by atoms with Crippen molar-refractivity contribution in [3.63, 3.8) is 0 Å². The highest BCUT2D eigenvalue weighted by Gasteiger charge is 2.17. The molecule has 0 aliphatic carbocycles. The van der Waals surface area contributed by atoms with Crippen LogP contribution >= 0.6 is 0 Å². The number of hydrogen-bond donors (Lipinski definition) is 2. The first-order valence-electron chi connectivity index (χ1n) is 10.2. The number of aromatic nitrogens is 3. The molecule has 9 heteroatoms. The Labute approximate surface area is 181 Å². The summed E-state index contributed by atoms with van der Waals surface area (Å²) in [4.78, 5) is 15.9. The summed E-state index contributed by atoms with van der Waals surface area (Å²) in [5, 5.41) is 6.51. The Morgan fingerprint density at radius 2 is 1.65 bits per heavy atom. The Kier molecular flexibility index (Phi) is 6.63. The zero-order valence-corrected chi connectivity index (χ0v) is 17.7. The molecular formula is C22H26N6O3. The lowest BCUT2D eigenvalue weighted by atomic mass is 10.3. The van der Waals surface area contributed by atoms with E-state index in [4.69, 9.17) is 14.2 Å². The van der Waals surface area contributed by atoms with Gasteiger partial charge in [-0.1, -0.05) is 12.1 Å². The third-order valence-electron chi connectivity index (χ3n) is 4.69. The molecule has 2 heterocycles. The summed E-state index contributed by atoms with van der Waals surface area (Å²) in [7, 11) is 1.63. The van der Waals surface area contributed by atoms with Crippen LogP contribution in [0.2, 0.25) is 0 Å². The molecule has 1 aliphatic heterocycles. The fourth-order valence-corrected chi connectivity index (χ4v) is 3.18. The molecule has 162 valence electrons. The number of nitrogens with zero attached hydrogens (tertiary/aromatic N) is 4. The second-order valence-corrected chi connectivity index (χ2v) is 6.79. The minimum absolute atomic E-state index is 0.425. The fraction of sp³-hybridized carbons (Fsp3) is 0.318. The van der Waals surface area contributed by atoms with Crippen LogP contribution in [0.4, 0.5) is 29.2 Å². The maximum Gasteiger partial charge on any atom is 0.233 e. The molecule has 0 radical (unpaired) electrons. The van der Waals surface area contributed by atoms with Crippen molar-refractivity contribution in [3.05, 3.63) is 48.5 Å². The number of nitrogens with one attached hydrogen (secondary N) is 2. The Hall–Kier alpha value is -3.59. The fourth-order valence-electron chi connectivity index (χ4n) is 3.18. The first-order chi connectivity index (χ1) is 15.2. The first-order valence-corrected chi connectivity index (χ1v) is 10.2. The third-order valence-corrected chi connectivity index (χ3v) is 4.69. The van der Waals surface area contributed by atoms with E-state index in [9.17, 15) is 0 Å². The molecule has 1 aromatic heterocycles.